The van der Waals surface area contributed by atoms with Gasteiger partial charge in [0.2, 0.25) is 5.91 Å². The van der Waals surface area contributed by atoms with Crippen LogP contribution in [0.1, 0.15) is 71.5 Å². The molecule has 0 saturated carbocycles. The molecule has 4 heterocycles. The second-order valence-electron chi connectivity index (χ2n) is 7.60. The molecule has 2 aromatic rings. The molecule has 0 spiro atoms. The molecule has 0 radical (unpaired) electrons. The van der Waals surface area contributed by atoms with Crippen LogP contribution in [0.25, 0.3) is 0 Å². The highest BCUT2D eigenvalue weighted by atomic mass is 32.1. The maximum Gasteiger partial charge on any atom is 0.255 e. The zero-order valence-electron chi connectivity index (χ0n) is 16.5. The van der Waals surface area contributed by atoms with Crippen molar-refractivity contribution in [1.29, 1.82) is 0 Å². The summed E-state index contributed by atoms with van der Waals surface area (Å²) >= 11 is 1.67. The first-order valence-electron chi connectivity index (χ1n) is 10.1. The number of fused-ring (bicyclic) bond motifs is 1. The lowest BCUT2D eigenvalue weighted by Gasteiger charge is -2.29. The van der Waals surface area contributed by atoms with Gasteiger partial charge in [0.25, 0.3) is 5.91 Å². The molecular weight excluding hydrogens is 372 g/mol. The molecule has 2 aromatic heterocycles. The van der Waals surface area contributed by atoms with Crippen LogP contribution in [0.4, 0.5) is 0 Å². The van der Waals surface area contributed by atoms with E-state index in [9.17, 15) is 9.59 Å². The standard InChI is InChI=1S/C21H26N4O2S/c1-3-5-17-10-15(13-28-17)21(27)24-9-7-18-16(12-24)11-22-20(23-18)19-6-4-8-25(19)14(2)26/h10-11,13,19H,3-9,12H2,1-2H3/t19-/m0/s1. The van der Waals surface area contributed by atoms with Gasteiger partial charge < -0.3 is 9.80 Å². The van der Waals surface area contributed by atoms with Crippen LogP contribution in [0.15, 0.2) is 17.6 Å². The Morgan fingerprint density at radius 2 is 2.18 bits per heavy atom. The van der Waals surface area contributed by atoms with E-state index < -0.39 is 0 Å². The number of hydrogen-bond donors (Lipinski definition) is 0. The van der Waals surface area contributed by atoms with E-state index in [1.165, 1.54) is 4.88 Å². The Morgan fingerprint density at radius 3 is 2.96 bits per heavy atom. The van der Waals surface area contributed by atoms with Crippen LogP contribution in [-0.2, 0) is 24.2 Å². The SMILES string of the molecule is CCCc1cc(C(=O)N2CCc3nc([C@@H]4CCCN4C(C)=O)ncc3C2)cs1. The monoisotopic (exact) mass is 398 g/mol. The second kappa shape index (κ2) is 7.99. The highest BCUT2D eigenvalue weighted by molar-refractivity contribution is 7.10. The summed E-state index contributed by atoms with van der Waals surface area (Å²) < 4.78 is 0. The number of aryl methyl sites for hydroxylation is 1. The van der Waals surface area contributed by atoms with Gasteiger partial charge in [-0.2, -0.15) is 0 Å². The van der Waals surface area contributed by atoms with Crippen LogP contribution in [0.3, 0.4) is 0 Å². The lowest BCUT2D eigenvalue weighted by Crippen LogP contribution is -2.37. The summed E-state index contributed by atoms with van der Waals surface area (Å²) in [7, 11) is 0. The molecule has 2 amide bonds. The Balaban J connectivity index is 1.48. The van der Waals surface area contributed by atoms with E-state index in [0.29, 0.717) is 13.1 Å². The molecule has 0 aliphatic carbocycles. The van der Waals surface area contributed by atoms with Crippen molar-refractivity contribution in [2.45, 2.75) is 58.5 Å². The van der Waals surface area contributed by atoms with E-state index in [4.69, 9.17) is 4.98 Å². The minimum atomic E-state index is -0.00902. The predicted molar refractivity (Wildman–Crippen MR) is 108 cm³/mol. The van der Waals surface area contributed by atoms with Gasteiger partial charge in [-0.15, -0.1) is 11.3 Å². The average molecular weight is 399 g/mol. The zero-order valence-corrected chi connectivity index (χ0v) is 17.3. The number of thiophene rings is 1. The fourth-order valence-corrected chi connectivity index (χ4v) is 5.09. The smallest absolute Gasteiger partial charge is 0.255 e. The molecule has 6 nitrogen and oxygen atoms in total. The first-order chi connectivity index (χ1) is 13.6. The van der Waals surface area contributed by atoms with Crippen molar-refractivity contribution in [3.05, 3.63) is 45.2 Å². The fraction of sp³-hybridized carbons (Fsp3) is 0.524. The molecule has 0 aromatic carbocycles. The van der Waals surface area contributed by atoms with Crippen molar-refractivity contribution in [1.82, 2.24) is 19.8 Å². The Bertz CT molecular complexity index is 894. The maximum absolute atomic E-state index is 12.9. The third-order valence-electron chi connectivity index (χ3n) is 5.59. The van der Waals surface area contributed by atoms with Gasteiger partial charge >= 0.3 is 0 Å². The molecule has 2 aliphatic rings. The summed E-state index contributed by atoms with van der Waals surface area (Å²) in [6.07, 6.45) is 6.61. The third kappa shape index (κ3) is 3.68. The molecule has 7 heteroatoms. The fourth-order valence-electron chi connectivity index (χ4n) is 4.13. The Morgan fingerprint density at radius 1 is 1.32 bits per heavy atom. The molecule has 0 bridgehead atoms. The quantitative estimate of drug-likeness (QED) is 0.792. The lowest BCUT2D eigenvalue weighted by molar-refractivity contribution is -0.129. The second-order valence-corrected chi connectivity index (χ2v) is 8.59. The number of rotatable bonds is 4. The zero-order chi connectivity index (χ0) is 19.7. The number of aromatic nitrogens is 2. The minimum Gasteiger partial charge on any atom is -0.334 e. The van der Waals surface area contributed by atoms with E-state index >= 15 is 0 Å². The summed E-state index contributed by atoms with van der Waals surface area (Å²) in [6, 6.07) is 2.02. The van der Waals surface area contributed by atoms with E-state index in [1.54, 1.807) is 18.3 Å². The van der Waals surface area contributed by atoms with Gasteiger partial charge in [0.1, 0.15) is 0 Å². The summed E-state index contributed by atoms with van der Waals surface area (Å²) in [4.78, 5) is 39.1. The normalized spacial score (nSPS) is 19.0. The molecule has 2 aliphatic heterocycles. The third-order valence-corrected chi connectivity index (χ3v) is 6.59. The Hall–Kier alpha value is -2.28. The molecule has 28 heavy (non-hydrogen) atoms. The molecule has 0 unspecified atom stereocenters. The molecule has 1 atom stereocenters. The van der Waals surface area contributed by atoms with Crippen LogP contribution in [0.2, 0.25) is 0 Å². The van der Waals surface area contributed by atoms with Crippen molar-refractivity contribution in [2.75, 3.05) is 13.1 Å². The molecule has 1 saturated heterocycles. The summed E-state index contributed by atoms with van der Waals surface area (Å²) in [5.74, 6) is 0.916. The molecule has 0 N–H and O–H groups in total. The van der Waals surface area contributed by atoms with Crippen molar-refractivity contribution >= 4 is 23.2 Å². The number of carbonyl (C=O) groups is 2. The van der Waals surface area contributed by atoms with E-state index in [2.05, 4.69) is 11.9 Å². The highest BCUT2D eigenvalue weighted by Crippen LogP contribution is 2.31. The van der Waals surface area contributed by atoms with Gasteiger partial charge in [-0.05, 0) is 25.3 Å². The van der Waals surface area contributed by atoms with E-state index in [1.807, 2.05) is 27.4 Å². The molecule has 148 valence electrons. The first-order valence-corrected chi connectivity index (χ1v) is 10.9. The minimum absolute atomic E-state index is 0.00902. The molecule has 4 rings (SSSR count). The van der Waals surface area contributed by atoms with Gasteiger partial charge in [0.05, 0.1) is 17.3 Å². The molecular formula is C21H26N4O2S. The topological polar surface area (TPSA) is 66.4 Å². The summed E-state index contributed by atoms with van der Waals surface area (Å²) in [6.45, 7) is 5.76. The number of carbonyl (C=O) groups excluding carboxylic acids is 2. The predicted octanol–water partition coefficient (Wildman–Crippen LogP) is 3.37. The van der Waals surface area contributed by atoms with Gasteiger partial charge in [0, 0.05) is 55.0 Å². The van der Waals surface area contributed by atoms with Crippen molar-refractivity contribution in [3.8, 4) is 0 Å². The largest absolute Gasteiger partial charge is 0.334 e. The van der Waals surface area contributed by atoms with Crippen LogP contribution in [0.5, 0.6) is 0 Å². The van der Waals surface area contributed by atoms with E-state index in [0.717, 1.165) is 61.3 Å². The lowest BCUT2D eigenvalue weighted by atomic mass is 10.1. The van der Waals surface area contributed by atoms with Crippen LogP contribution < -0.4 is 0 Å². The van der Waals surface area contributed by atoms with Gasteiger partial charge in [-0.1, -0.05) is 13.3 Å². The number of amides is 2. The Labute approximate surface area is 169 Å². The number of nitrogens with zero attached hydrogens (tertiary/aromatic N) is 4. The van der Waals surface area contributed by atoms with Gasteiger partial charge in [0.15, 0.2) is 5.82 Å². The van der Waals surface area contributed by atoms with Gasteiger partial charge in [-0.25, -0.2) is 9.97 Å². The van der Waals surface area contributed by atoms with Crippen molar-refractivity contribution < 1.29 is 9.59 Å². The van der Waals surface area contributed by atoms with Crippen molar-refractivity contribution in [3.63, 3.8) is 0 Å². The Kier molecular flexibility index (Phi) is 5.44. The summed E-state index contributed by atoms with van der Waals surface area (Å²) in [5, 5.41) is 1.97. The van der Waals surface area contributed by atoms with Crippen molar-refractivity contribution in [2.24, 2.45) is 0 Å². The highest BCUT2D eigenvalue weighted by Gasteiger charge is 2.31. The maximum atomic E-state index is 12.9. The first kappa shape index (κ1) is 19.1. The number of hydrogen-bond acceptors (Lipinski definition) is 5. The van der Waals surface area contributed by atoms with E-state index in [-0.39, 0.29) is 17.9 Å². The van der Waals surface area contributed by atoms with Gasteiger partial charge in [-0.3, -0.25) is 9.59 Å². The average Bonchev–Trinajstić information content (AvgIpc) is 3.36. The molecule has 1 fully saturated rings. The summed E-state index contributed by atoms with van der Waals surface area (Å²) in [5.41, 5.74) is 2.82. The van der Waals surface area contributed by atoms with Crippen LogP contribution in [0, 0.1) is 0 Å². The van der Waals surface area contributed by atoms with Crippen LogP contribution in [-0.4, -0.2) is 44.7 Å². The van der Waals surface area contributed by atoms with Crippen LogP contribution >= 0.6 is 11.3 Å². The number of likely N-dealkylation sites (tertiary alicyclic amines) is 1.